The molecule has 1 aromatic carbocycles. The minimum absolute atomic E-state index is 0.0312. The van der Waals surface area contributed by atoms with Gasteiger partial charge in [0.2, 0.25) is 17.2 Å². The van der Waals surface area contributed by atoms with Crippen molar-refractivity contribution in [1.29, 1.82) is 0 Å². The number of pyridine rings is 2. The highest BCUT2D eigenvalue weighted by Crippen LogP contribution is 2.29. The maximum atomic E-state index is 14.9. The van der Waals surface area contributed by atoms with Gasteiger partial charge in [-0.15, -0.1) is 0 Å². The molecule has 10 nitrogen and oxygen atoms in total. The minimum Gasteiger partial charge on any atom is -0.405 e. The van der Waals surface area contributed by atoms with E-state index < -0.39 is 76.0 Å². The lowest BCUT2D eigenvalue weighted by atomic mass is 10.1. The molecule has 4 rings (SSSR count). The molecule has 3 heterocycles. The van der Waals surface area contributed by atoms with Gasteiger partial charge in [0.05, 0.1) is 11.6 Å². The lowest BCUT2D eigenvalue weighted by molar-refractivity contribution is -0.154. The number of alkyl halides is 3. The third-order valence-corrected chi connectivity index (χ3v) is 6.45. The standard InChI is InChI=1S/C26H23F6N5O5/c1-3-19(26(30,31)32)34-25(41)42-18-11-37(22-16(28)7-14(27)8-17(22)29)24-15(23(18)40)4-5-20(35-24)36-10-13(6-21(36)39)9-33-12(2)38/h4-5,7-8,11,13,19H,3,6,9-10H2,1-2H3,(H,33,38)(H,34,41)/t13?,19-/m0/s1. The molecule has 2 aromatic heterocycles. The first-order chi connectivity index (χ1) is 19.7. The normalized spacial score (nSPS) is 16.0. The Bertz CT molecular complexity index is 1600. The van der Waals surface area contributed by atoms with E-state index in [-0.39, 0.29) is 37.2 Å². The highest BCUT2D eigenvalue weighted by Gasteiger charge is 2.40. The average molecular weight is 599 g/mol. The van der Waals surface area contributed by atoms with Crippen LogP contribution in [0.3, 0.4) is 0 Å². The van der Waals surface area contributed by atoms with Crippen molar-refractivity contribution in [3.63, 3.8) is 0 Å². The van der Waals surface area contributed by atoms with Gasteiger partial charge in [0, 0.05) is 44.5 Å². The number of carbonyl (C=O) groups is 3. The maximum absolute atomic E-state index is 14.9. The zero-order chi connectivity index (χ0) is 30.9. The third-order valence-electron chi connectivity index (χ3n) is 6.45. The highest BCUT2D eigenvalue weighted by atomic mass is 19.4. The Balaban J connectivity index is 1.81. The number of halogens is 6. The van der Waals surface area contributed by atoms with Gasteiger partial charge in [0.15, 0.2) is 23.0 Å². The monoisotopic (exact) mass is 599 g/mol. The molecule has 3 aromatic rings. The van der Waals surface area contributed by atoms with Crippen molar-refractivity contribution >= 4 is 34.8 Å². The van der Waals surface area contributed by atoms with Crippen LogP contribution in [0.2, 0.25) is 0 Å². The summed E-state index contributed by atoms with van der Waals surface area (Å²) in [5.74, 6) is -6.09. The molecular weight excluding hydrogens is 576 g/mol. The number of nitrogens with one attached hydrogen (secondary N) is 2. The number of hydrogen-bond donors (Lipinski definition) is 2. The van der Waals surface area contributed by atoms with Gasteiger partial charge in [0.25, 0.3) is 0 Å². The summed E-state index contributed by atoms with van der Waals surface area (Å²) in [7, 11) is 0. The van der Waals surface area contributed by atoms with Crippen molar-refractivity contribution in [1.82, 2.24) is 20.2 Å². The average Bonchev–Trinajstić information content (AvgIpc) is 3.27. The molecule has 42 heavy (non-hydrogen) atoms. The van der Waals surface area contributed by atoms with E-state index in [0.29, 0.717) is 22.9 Å². The molecule has 0 aliphatic carbocycles. The number of fused-ring (bicyclic) bond motifs is 1. The molecule has 0 spiro atoms. The molecule has 0 bridgehead atoms. The van der Waals surface area contributed by atoms with Gasteiger partial charge in [-0.25, -0.2) is 22.9 Å². The summed E-state index contributed by atoms with van der Waals surface area (Å²) in [6.45, 7) is 2.77. The van der Waals surface area contributed by atoms with Crippen LogP contribution in [-0.4, -0.2) is 52.8 Å². The van der Waals surface area contributed by atoms with Crippen LogP contribution in [0.1, 0.15) is 26.7 Å². The number of aromatic nitrogens is 2. The summed E-state index contributed by atoms with van der Waals surface area (Å²) in [5.41, 5.74) is -2.46. The largest absolute Gasteiger partial charge is 0.413 e. The molecule has 16 heteroatoms. The van der Waals surface area contributed by atoms with Crippen molar-refractivity contribution in [2.75, 3.05) is 18.0 Å². The number of hydrogen-bond acceptors (Lipinski definition) is 6. The zero-order valence-electron chi connectivity index (χ0n) is 22.0. The summed E-state index contributed by atoms with van der Waals surface area (Å²) in [6.07, 6.45) is -6.38. The number of amides is 3. The lowest BCUT2D eigenvalue weighted by Gasteiger charge is -2.20. The van der Waals surface area contributed by atoms with Crippen LogP contribution >= 0.6 is 0 Å². The first kappa shape index (κ1) is 30.3. The van der Waals surface area contributed by atoms with Gasteiger partial charge >= 0.3 is 12.3 Å². The van der Waals surface area contributed by atoms with E-state index in [2.05, 4.69) is 10.3 Å². The van der Waals surface area contributed by atoms with Crippen molar-refractivity contribution in [2.24, 2.45) is 5.92 Å². The highest BCUT2D eigenvalue weighted by molar-refractivity contribution is 5.96. The van der Waals surface area contributed by atoms with Crippen LogP contribution in [-0.2, 0) is 9.59 Å². The second-order valence-corrected chi connectivity index (χ2v) is 9.50. The quantitative estimate of drug-likeness (QED) is 0.400. The molecule has 1 unspecified atom stereocenters. The van der Waals surface area contributed by atoms with Crippen LogP contribution in [0, 0.1) is 23.4 Å². The molecule has 0 radical (unpaired) electrons. The van der Waals surface area contributed by atoms with Crippen LogP contribution < -0.4 is 25.7 Å². The molecule has 1 aliphatic heterocycles. The Morgan fingerprint density at radius 1 is 1.14 bits per heavy atom. The Morgan fingerprint density at radius 3 is 2.40 bits per heavy atom. The Hall–Kier alpha value is -4.63. The number of ether oxygens (including phenoxy) is 1. The van der Waals surface area contributed by atoms with Crippen molar-refractivity contribution in [2.45, 2.75) is 38.9 Å². The van der Waals surface area contributed by atoms with Gasteiger partial charge in [-0.2, -0.15) is 13.2 Å². The summed E-state index contributed by atoms with van der Waals surface area (Å²) < 4.78 is 88.2. The second-order valence-electron chi connectivity index (χ2n) is 9.50. The van der Waals surface area contributed by atoms with Crippen LogP contribution in [0.5, 0.6) is 5.75 Å². The third kappa shape index (κ3) is 6.31. The molecule has 2 N–H and O–H groups in total. The van der Waals surface area contributed by atoms with Gasteiger partial charge in [-0.3, -0.25) is 23.9 Å². The first-order valence-electron chi connectivity index (χ1n) is 12.5. The Labute approximate surface area is 233 Å². The SMILES string of the molecule is CC[C@H](NC(=O)Oc1cn(-c2c(F)cc(F)cc2F)c2nc(N3CC(CNC(C)=O)CC3=O)ccc2c1=O)C(F)(F)F. The van der Waals surface area contributed by atoms with Gasteiger partial charge in [-0.05, 0) is 18.6 Å². The van der Waals surface area contributed by atoms with Crippen molar-refractivity contribution in [3.8, 4) is 11.4 Å². The summed E-state index contributed by atoms with van der Waals surface area (Å²) in [4.78, 5) is 54.9. The molecule has 224 valence electrons. The molecule has 2 atom stereocenters. The fourth-order valence-corrected chi connectivity index (χ4v) is 4.44. The fraction of sp³-hybridized carbons (Fsp3) is 0.346. The number of benzene rings is 1. The topological polar surface area (TPSA) is 123 Å². The first-order valence-corrected chi connectivity index (χ1v) is 12.5. The van der Waals surface area contributed by atoms with Crippen molar-refractivity contribution in [3.05, 3.63) is 58.1 Å². The van der Waals surface area contributed by atoms with Gasteiger partial charge < -0.3 is 15.4 Å². The van der Waals surface area contributed by atoms with E-state index in [1.807, 2.05) is 0 Å². The molecular formula is C26H23F6N5O5. The molecule has 3 amide bonds. The van der Waals surface area contributed by atoms with Crippen LogP contribution in [0.15, 0.2) is 35.3 Å². The molecule has 0 saturated carbocycles. The minimum atomic E-state index is -4.83. The predicted molar refractivity (Wildman–Crippen MR) is 136 cm³/mol. The molecule has 1 fully saturated rings. The molecule has 1 saturated heterocycles. The van der Waals surface area contributed by atoms with E-state index in [0.717, 1.165) is 13.0 Å². The summed E-state index contributed by atoms with van der Waals surface area (Å²) in [5, 5.41) is 3.79. The molecule has 1 aliphatic rings. The van der Waals surface area contributed by atoms with E-state index in [1.165, 1.54) is 17.9 Å². The summed E-state index contributed by atoms with van der Waals surface area (Å²) >= 11 is 0. The Kier molecular flexibility index (Phi) is 8.45. The van der Waals surface area contributed by atoms with E-state index in [4.69, 9.17) is 4.74 Å². The van der Waals surface area contributed by atoms with E-state index in [1.54, 1.807) is 5.32 Å². The number of carbonyl (C=O) groups excluding carboxylic acids is 3. The Morgan fingerprint density at radius 2 is 1.81 bits per heavy atom. The van der Waals surface area contributed by atoms with E-state index >= 15 is 0 Å². The smallest absolute Gasteiger partial charge is 0.405 e. The van der Waals surface area contributed by atoms with Crippen molar-refractivity contribution < 1.29 is 45.5 Å². The summed E-state index contributed by atoms with van der Waals surface area (Å²) in [6, 6.07) is 0.734. The second kappa shape index (κ2) is 11.7. The van der Waals surface area contributed by atoms with Crippen LogP contribution in [0.4, 0.5) is 37.0 Å². The maximum Gasteiger partial charge on any atom is 0.413 e. The number of anilines is 1. The van der Waals surface area contributed by atoms with Gasteiger partial charge in [-0.1, -0.05) is 6.92 Å². The lowest BCUT2D eigenvalue weighted by Crippen LogP contribution is -2.46. The fourth-order valence-electron chi connectivity index (χ4n) is 4.44. The van der Waals surface area contributed by atoms with Crippen LogP contribution in [0.25, 0.3) is 16.7 Å². The number of rotatable bonds is 7. The van der Waals surface area contributed by atoms with E-state index in [9.17, 15) is 45.5 Å². The predicted octanol–water partition coefficient (Wildman–Crippen LogP) is 3.72. The zero-order valence-corrected chi connectivity index (χ0v) is 22.0. The number of nitrogens with zero attached hydrogens (tertiary/aromatic N) is 3. The van der Waals surface area contributed by atoms with Gasteiger partial charge in [0.1, 0.15) is 23.4 Å².